The van der Waals surface area contributed by atoms with Gasteiger partial charge in [-0.25, -0.2) is 0 Å². The van der Waals surface area contributed by atoms with Crippen LogP contribution in [0.4, 0.5) is 0 Å². The van der Waals surface area contributed by atoms with Gasteiger partial charge in [-0.2, -0.15) is 0 Å². The average Bonchev–Trinajstić information content (AvgIpc) is 2.52. The summed E-state index contributed by atoms with van der Waals surface area (Å²) in [5, 5.41) is 0. The Kier molecular flexibility index (Phi) is 6.91. The lowest BCUT2D eigenvalue weighted by atomic mass is 9.86. The zero-order chi connectivity index (χ0) is 17.8. The number of hydrogen-bond donors (Lipinski definition) is 0. The summed E-state index contributed by atoms with van der Waals surface area (Å²) in [6, 6.07) is 9.30. The van der Waals surface area contributed by atoms with Gasteiger partial charge in [0.25, 0.3) is 0 Å². The first kappa shape index (κ1) is 19.9. The van der Waals surface area contributed by atoms with E-state index in [0.717, 1.165) is 8.58 Å². The maximum absolute atomic E-state index is 6.48. The summed E-state index contributed by atoms with van der Waals surface area (Å²) in [7, 11) is 0.991. The van der Waals surface area contributed by atoms with Crippen molar-refractivity contribution in [3.63, 3.8) is 0 Å². The van der Waals surface area contributed by atoms with Gasteiger partial charge >= 0.3 is 0 Å². The van der Waals surface area contributed by atoms with Crippen molar-refractivity contribution in [3.05, 3.63) is 35.4 Å². The number of hydrogen-bond acceptors (Lipinski definition) is 1. The highest BCUT2D eigenvalue weighted by Crippen LogP contribution is 2.47. The summed E-state index contributed by atoms with van der Waals surface area (Å²) in [4.78, 5) is 0. The molecule has 0 aromatic heterocycles. The Hall–Kier alpha value is -0.390. The van der Waals surface area contributed by atoms with E-state index in [9.17, 15) is 0 Å². The Balaban J connectivity index is 2.11. The third-order valence-corrected chi connectivity index (χ3v) is 7.24. The van der Waals surface area contributed by atoms with E-state index < -0.39 is 0 Å². The first-order chi connectivity index (χ1) is 11.2. The van der Waals surface area contributed by atoms with Gasteiger partial charge in [0, 0.05) is 5.66 Å². The Morgan fingerprint density at radius 1 is 1.00 bits per heavy atom. The van der Waals surface area contributed by atoms with Crippen LogP contribution in [0, 0.1) is 5.41 Å². The third-order valence-electron chi connectivity index (χ3n) is 5.23. The molecule has 0 saturated heterocycles. The molecule has 0 N–H and O–H groups in total. The second kappa shape index (κ2) is 8.33. The van der Waals surface area contributed by atoms with Crippen molar-refractivity contribution in [2.75, 3.05) is 6.16 Å². The molecule has 2 heteroatoms. The van der Waals surface area contributed by atoms with Crippen molar-refractivity contribution in [3.8, 4) is 0 Å². The summed E-state index contributed by atoms with van der Waals surface area (Å²) < 4.78 is 6.48. The van der Waals surface area contributed by atoms with Crippen LogP contribution in [0.2, 0.25) is 0 Å². The summed E-state index contributed by atoms with van der Waals surface area (Å²) in [5.41, 5.74) is 3.58. The molecular weight excluding hydrogens is 311 g/mol. The Bertz CT molecular complexity index is 492. The quantitative estimate of drug-likeness (QED) is 0.500. The molecule has 0 aliphatic heterocycles. The largest absolute Gasteiger partial charge is 0.368 e. The minimum absolute atomic E-state index is 0.190. The van der Waals surface area contributed by atoms with Gasteiger partial charge in [-0.15, -0.1) is 8.58 Å². The number of ether oxygens (including phenoxy) is 1. The van der Waals surface area contributed by atoms with Crippen molar-refractivity contribution >= 4 is 8.58 Å². The highest BCUT2D eigenvalue weighted by atomic mass is 31.1. The highest BCUT2D eigenvalue weighted by molar-refractivity contribution is 7.38. The lowest BCUT2D eigenvalue weighted by Gasteiger charge is -2.34. The topological polar surface area (TPSA) is 9.23 Å². The molecule has 2 unspecified atom stereocenters. The molecular formula is C22H37OP. The SMILES string of the molecule is CCPC(c1ccc(C(C)(C)OC2CCCCC2)cc1)C(C)(C)C. The van der Waals surface area contributed by atoms with E-state index in [1.54, 1.807) is 0 Å². The lowest BCUT2D eigenvalue weighted by molar-refractivity contribution is -0.0889. The molecule has 1 fully saturated rings. The molecule has 1 aromatic carbocycles. The van der Waals surface area contributed by atoms with E-state index >= 15 is 0 Å². The molecule has 1 aromatic rings. The van der Waals surface area contributed by atoms with Crippen molar-refractivity contribution < 1.29 is 4.74 Å². The van der Waals surface area contributed by atoms with Crippen molar-refractivity contribution in [1.29, 1.82) is 0 Å². The summed E-state index contributed by atoms with van der Waals surface area (Å²) >= 11 is 0. The predicted octanol–water partition coefficient (Wildman–Crippen LogP) is 7.06. The van der Waals surface area contributed by atoms with Crippen molar-refractivity contribution in [1.82, 2.24) is 0 Å². The van der Waals surface area contributed by atoms with Gasteiger partial charge in [0.15, 0.2) is 0 Å². The van der Waals surface area contributed by atoms with Crippen LogP contribution in [-0.4, -0.2) is 12.3 Å². The van der Waals surface area contributed by atoms with E-state index in [-0.39, 0.29) is 5.60 Å². The van der Waals surface area contributed by atoms with Gasteiger partial charge in [-0.1, -0.05) is 71.2 Å². The van der Waals surface area contributed by atoms with Gasteiger partial charge in [0.2, 0.25) is 0 Å². The minimum atomic E-state index is -0.190. The van der Waals surface area contributed by atoms with E-state index in [0.29, 0.717) is 17.2 Å². The van der Waals surface area contributed by atoms with Crippen LogP contribution in [0.5, 0.6) is 0 Å². The molecule has 2 atom stereocenters. The van der Waals surface area contributed by atoms with E-state index in [1.807, 2.05) is 0 Å². The number of benzene rings is 1. The monoisotopic (exact) mass is 348 g/mol. The van der Waals surface area contributed by atoms with Gasteiger partial charge in [-0.3, -0.25) is 0 Å². The van der Waals surface area contributed by atoms with Crippen molar-refractivity contribution in [2.45, 2.75) is 91.0 Å². The average molecular weight is 349 g/mol. The Labute approximate surface area is 151 Å². The second-order valence-corrected chi connectivity index (χ2v) is 10.6. The predicted molar refractivity (Wildman–Crippen MR) is 108 cm³/mol. The molecule has 0 amide bonds. The zero-order valence-corrected chi connectivity index (χ0v) is 17.6. The molecule has 1 nitrogen and oxygen atoms in total. The second-order valence-electron chi connectivity index (χ2n) is 8.87. The Morgan fingerprint density at radius 2 is 1.58 bits per heavy atom. The minimum Gasteiger partial charge on any atom is -0.368 e. The fourth-order valence-electron chi connectivity index (χ4n) is 3.87. The number of rotatable bonds is 6. The van der Waals surface area contributed by atoms with Crippen LogP contribution in [0.1, 0.15) is 90.4 Å². The molecule has 0 spiro atoms. The van der Waals surface area contributed by atoms with Crippen LogP contribution in [0.25, 0.3) is 0 Å². The fraction of sp³-hybridized carbons (Fsp3) is 0.727. The van der Waals surface area contributed by atoms with Crippen LogP contribution >= 0.6 is 8.58 Å². The standard InChI is InChI=1S/C22H37OP/c1-7-24-20(21(2,3)4)17-13-15-18(16-14-17)22(5,6)23-19-11-9-8-10-12-19/h13-16,19-20,24H,7-12H2,1-6H3. The first-order valence-electron chi connectivity index (χ1n) is 9.75. The van der Waals surface area contributed by atoms with Crippen LogP contribution < -0.4 is 0 Å². The molecule has 0 bridgehead atoms. The smallest absolute Gasteiger partial charge is 0.0879 e. The summed E-state index contributed by atoms with van der Waals surface area (Å²) in [5.74, 6) is 0. The zero-order valence-electron chi connectivity index (χ0n) is 16.6. The van der Waals surface area contributed by atoms with Gasteiger partial charge in [0.05, 0.1) is 11.7 Å². The third kappa shape index (κ3) is 5.30. The molecule has 2 rings (SSSR count). The van der Waals surface area contributed by atoms with Crippen LogP contribution in [0.3, 0.4) is 0 Å². The summed E-state index contributed by atoms with van der Waals surface area (Å²) in [6.45, 7) is 13.9. The summed E-state index contributed by atoms with van der Waals surface area (Å²) in [6.07, 6.45) is 8.19. The normalized spacial score (nSPS) is 19.1. The molecule has 1 aliphatic carbocycles. The molecule has 136 valence electrons. The maximum atomic E-state index is 6.48. The molecule has 24 heavy (non-hydrogen) atoms. The lowest BCUT2D eigenvalue weighted by Crippen LogP contribution is -2.30. The molecule has 1 aliphatic rings. The van der Waals surface area contributed by atoms with E-state index in [4.69, 9.17) is 4.74 Å². The van der Waals surface area contributed by atoms with Crippen LogP contribution in [-0.2, 0) is 10.3 Å². The Morgan fingerprint density at radius 3 is 2.08 bits per heavy atom. The van der Waals surface area contributed by atoms with Gasteiger partial charge < -0.3 is 4.74 Å². The molecule has 0 radical (unpaired) electrons. The van der Waals surface area contributed by atoms with E-state index in [1.165, 1.54) is 49.4 Å². The van der Waals surface area contributed by atoms with Gasteiger partial charge in [0.1, 0.15) is 0 Å². The fourth-order valence-corrected chi connectivity index (χ4v) is 5.32. The highest BCUT2D eigenvalue weighted by Gasteiger charge is 2.29. The van der Waals surface area contributed by atoms with Crippen LogP contribution in [0.15, 0.2) is 24.3 Å². The maximum Gasteiger partial charge on any atom is 0.0879 e. The van der Waals surface area contributed by atoms with Crippen molar-refractivity contribution in [2.24, 2.45) is 5.41 Å². The van der Waals surface area contributed by atoms with E-state index in [2.05, 4.69) is 65.8 Å². The molecule has 1 saturated carbocycles. The molecule has 0 heterocycles. The first-order valence-corrected chi connectivity index (χ1v) is 11.0. The van der Waals surface area contributed by atoms with Gasteiger partial charge in [-0.05, 0) is 49.4 Å².